The standard InChI is InChI=1S/C18H16FNOS/c1-20-10-13-9-15(19)3-4-16(13)18(21,11-20)14-2-5-17-12(8-14)6-7-22-17/h2-9,21H,10-11H2,1H3. The van der Waals surface area contributed by atoms with Crippen LogP contribution in [0.4, 0.5) is 4.39 Å². The van der Waals surface area contributed by atoms with Gasteiger partial charge in [-0.15, -0.1) is 11.3 Å². The first kappa shape index (κ1) is 13.9. The third kappa shape index (κ3) is 2.07. The van der Waals surface area contributed by atoms with Crippen molar-refractivity contribution in [1.82, 2.24) is 4.90 Å². The molecule has 2 aromatic carbocycles. The SMILES string of the molecule is CN1Cc2cc(F)ccc2C(O)(c2ccc3sccc3c2)C1. The Labute approximate surface area is 132 Å². The molecular formula is C18H16FNOS. The van der Waals surface area contributed by atoms with Crippen LogP contribution in [0.3, 0.4) is 0 Å². The van der Waals surface area contributed by atoms with E-state index in [1.165, 1.54) is 16.8 Å². The predicted molar refractivity (Wildman–Crippen MR) is 87.6 cm³/mol. The minimum atomic E-state index is -1.10. The summed E-state index contributed by atoms with van der Waals surface area (Å²) >= 11 is 1.69. The molecule has 0 fully saturated rings. The molecule has 0 bridgehead atoms. The maximum Gasteiger partial charge on any atom is 0.128 e. The molecule has 22 heavy (non-hydrogen) atoms. The van der Waals surface area contributed by atoms with Gasteiger partial charge in [0.05, 0.1) is 0 Å². The number of aliphatic hydroxyl groups is 1. The molecule has 0 spiro atoms. The maximum atomic E-state index is 13.5. The maximum absolute atomic E-state index is 13.5. The topological polar surface area (TPSA) is 23.5 Å². The van der Waals surface area contributed by atoms with Gasteiger partial charge in [0.1, 0.15) is 11.4 Å². The Kier molecular flexibility index (Phi) is 3.08. The quantitative estimate of drug-likeness (QED) is 0.740. The number of benzene rings is 2. The largest absolute Gasteiger partial charge is 0.379 e. The summed E-state index contributed by atoms with van der Waals surface area (Å²) in [6.07, 6.45) is 0. The van der Waals surface area contributed by atoms with Crippen molar-refractivity contribution >= 4 is 21.4 Å². The molecule has 0 saturated carbocycles. The molecule has 112 valence electrons. The van der Waals surface area contributed by atoms with Crippen molar-refractivity contribution in [2.75, 3.05) is 13.6 Å². The second-order valence-electron chi connectivity index (χ2n) is 6.01. The molecule has 1 unspecified atom stereocenters. The molecule has 3 aromatic rings. The minimum absolute atomic E-state index is 0.260. The molecule has 1 aliphatic rings. The Morgan fingerprint density at radius 3 is 2.91 bits per heavy atom. The van der Waals surface area contributed by atoms with Gasteiger partial charge >= 0.3 is 0 Å². The van der Waals surface area contributed by atoms with Crippen molar-refractivity contribution in [2.24, 2.45) is 0 Å². The van der Waals surface area contributed by atoms with Crippen LogP contribution in [-0.2, 0) is 12.1 Å². The van der Waals surface area contributed by atoms with Crippen LogP contribution in [-0.4, -0.2) is 23.6 Å². The first-order chi connectivity index (χ1) is 10.6. The van der Waals surface area contributed by atoms with Crippen molar-refractivity contribution in [2.45, 2.75) is 12.1 Å². The Morgan fingerprint density at radius 1 is 1.18 bits per heavy atom. The van der Waals surface area contributed by atoms with Gasteiger partial charge in [0.25, 0.3) is 0 Å². The summed E-state index contributed by atoms with van der Waals surface area (Å²) in [5, 5.41) is 14.6. The molecule has 2 heterocycles. The van der Waals surface area contributed by atoms with Crippen LogP contribution in [0.25, 0.3) is 10.1 Å². The predicted octanol–water partition coefficient (Wildman–Crippen LogP) is 3.72. The van der Waals surface area contributed by atoms with Crippen LogP contribution < -0.4 is 0 Å². The van der Waals surface area contributed by atoms with Gasteiger partial charge in [-0.1, -0.05) is 12.1 Å². The molecular weight excluding hydrogens is 297 g/mol. The highest BCUT2D eigenvalue weighted by Gasteiger charge is 2.38. The van der Waals surface area contributed by atoms with E-state index in [0.29, 0.717) is 13.1 Å². The fourth-order valence-corrected chi connectivity index (χ4v) is 4.16. The van der Waals surface area contributed by atoms with Crippen LogP contribution >= 0.6 is 11.3 Å². The first-order valence-corrected chi connectivity index (χ1v) is 8.12. The van der Waals surface area contributed by atoms with Gasteiger partial charge in [-0.25, -0.2) is 4.39 Å². The van der Waals surface area contributed by atoms with Crippen molar-refractivity contribution < 1.29 is 9.50 Å². The third-order valence-corrected chi connectivity index (χ3v) is 5.28. The molecule has 0 aliphatic carbocycles. The van der Waals surface area contributed by atoms with E-state index in [0.717, 1.165) is 22.1 Å². The summed E-state index contributed by atoms with van der Waals surface area (Å²) < 4.78 is 14.7. The number of hydrogen-bond donors (Lipinski definition) is 1. The summed E-state index contributed by atoms with van der Waals surface area (Å²) in [6.45, 7) is 1.15. The average molecular weight is 313 g/mol. The summed E-state index contributed by atoms with van der Waals surface area (Å²) in [4.78, 5) is 2.03. The fourth-order valence-electron chi connectivity index (χ4n) is 3.39. The van der Waals surface area contributed by atoms with Crippen molar-refractivity contribution in [3.05, 3.63) is 70.4 Å². The Hall–Kier alpha value is -1.75. The van der Waals surface area contributed by atoms with Crippen molar-refractivity contribution in [3.63, 3.8) is 0 Å². The molecule has 1 aliphatic heterocycles. The normalized spacial score (nSPS) is 22.0. The second-order valence-corrected chi connectivity index (χ2v) is 6.95. The second kappa shape index (κ2) is 4.88. The lowest BCUT2D eigenvalue weighted by Crippen LogP contribution is -2.44. The van der Waals surface area contributed by atoms with Crippen molar-refractivity contribution in [1.29, 1.82) is 0 Å². The van der Waals surface area contributed by atoms with E-state index in [9.17, 15) is 9.50 Å². The smallest absolute Gasteiger partial charge is 0.128 e. The molecule has 0 saturated heterocycles. The molecule has 0 radical (unpaired) electrons. The number of rotatable bonds is 1. The van der Waals surface area contributed by atoms with E-state index >= 15 is 0 Å². The highest BCUT2D eigenvalue weighted by atomic mass is 32.1. The summed E-state index contributed by atoms with van der Waals surface area (Å²) in [6, 6.07) is 12.8. The van der Waals surface area contributed by atoms with Gasteiger partial charge in [-0.3, -0.25) is 4.90 Å². The molecule has 4 heteroatoms. The minimum Gasteiger partial charge on any atom is -0.379 e. The zero-order chi connectivity index (χ0) is 15.3. The van der Waals surface area contributed by atoms with E-state index in [1.54, 1.807) is 17.4 Å². The molecule has 1 aromatic heterocycles. The van der Waals surface area contributed by atoms with E-state index in [1.807, 2.05) is 30.1 Å². The number of thiophene rings is 1. The van der Waals surface area contributed by atoms with Crippen LogP contribution in [0.5, 0.6) is 0 Å². The molecule has 0 amide bonds. The lowest BCUT2D eigenvalue weighted by atomic mass is 9.80. The van der Waals surface area contributed by atoms with Crippen LogP contribution in [0, 0.1) is 5.82 Å². The molecule has 1 atom stereocenters. The fraction of sp³-hybridized carbons (Fsp3) is 0.222. The number of β-amino-alcohol motifs (C(OH)–C–C–N with tert-alkyl or cyclic N) is 1. The summed E-state index contributed by atoms with van der Waals surface area (Å²) in [7, 11) is 1.95. The highest BCUT2D eigenvalue weighted by molar-refractivity contribution is 7.17. The van der Waals surface area contributed by atoms with Gasteiger partial charge in [0, 0.05) is 17.8 Å². The number of fused-ring (bicyclic) bond motifs is 2. The van der Waals surface area contributed by atoms with Gasteiger partial charge in [-0.05, 0) is 64.8 Å². The lowest BCUT2D eigenvalue weighted by molar-refractivity contribution is 0.0282. The number of nitrogens with zero attached hydrogens (tertiary/aromatic N) is 1. The van der Waals surface area contributed by atoms with Crippen LogP contribution in [0.1, 0.15) is 16.7 Å². The van der Waals surface area contributed by atoms with Crippen LogP contribution in [0.15, 0.2) is 47.8 Å². The van der Waals surface area contributed by atoms with Crippen molar-refractivity contribution in [3.8, 4) is 0 Å². The summed E-state index contributed by atoms with van der Waals surface area (Å²) in [5.74, 6) is -0.260. The van der Waals surface area contributed by atoms with Gasteiger partial charge in [-0.2, -0.15) is 0 Å². The third-order valence-electron chi connectivity index (χ3n) is 4.38. The number of hydrogen-bond acceptors (Lipinski definition) is 3. The van der Waals surface area contributed by atoms with E-state index in [2.05, 4.69) is 11.4 Å². The molecule has 2 nitrogen and oxygen atoms in total. The van der Waals surface area contributed by atoms with Gasteiger partial charge < -0.3 is 5.11 Å². The zero-order valence-electron chi connectivity index (χ0n) is 12.2. The highest BCUT2D eigenvalue weighted by Crippen LogP contribution is 2.38. The van der Waals surface area contributed by atoms with E-state index < -0.39 is 5.60 Å². The van der Waals surface area contributed by atoms with Crippen LogP contribution in [0.2, 0.25) is 0 Å². The lowest BCUT2D eigenvalue weighted by Gasteiger charge is -2.39. The molecule has 1 N–H and O–H groups in total. The van der Waals surface area contributed by atoms with Gasteiger partial charge in [0.2, 0.25) is 0 Å². The molecule has 4 rings (SSSR count). The van der Waals surface area contributed by atoms with Gasteiger partial charge in [0.15, 0.2) is 0 Å². The van der Waals surface area contributed by atoms with E-state index in [-0.39, 0.29) is 5.82 Å². The number of likely N-dealkylation sites (N-methyl/N-ethyl adjacent to an activating group) is 1. The zero-order valence-corrected chi connectivity index (χ0v) is 13.0. The average Bonchev–Trinajstić information content (AvgIpc) is 2.93. The monoisotopic (exact) mass is 313 g/mol. The Balaban J connectivity index is 1.92. The van der Waals surface area contributed by atoms with E-state index in [4.69, 9.17) is 0 Å². The summed E-state index contributed by atoms with van der Waals surface area (Å²) in [5.41, 5.74) is 1.41. The Morgan fingerprint density at radius 2 is 2.05 bits per heavy atom. The first-order valence-electron chi connectivity index (χ1n) is 7.24. The Bertz CT molecular complexity index is 859. The number of halogens is 1.